The van der Waals surface area contributed by atoms with Crippen molar-refractivity contribution in [1.29, 1.82) is 0 Å². The van der Waals surface area contributed by atoms with E-state index in [1.54, 1.807) is 0 Å². The van der Waals surface area contributed by atoms with Crippen LogP contribution in [0.2, 0.25) is 0 Å². The predicted octanol–water partition coefficient (Wildman–Crippen LogP) is 0.762. The number of carboxylic acids is 1. The largest absolute Gasteiger partial charge is 0.480 e. The first kappa shape index (κ1) is 12.7. The number of aliphatic carboxylic acids is 1. The Bertz CT molecular complexity index is 152. The first-order valence-electron chi connectivity index (χ1n) is 4.18. The molecule has 0 aliphatic rings. The van der Waals surface area contributed by atoms with E-state index in [9.17, 15) is 4.79 Å². The van der Waals surface area contributed by atoms with Crippen LogP contribution >= 0.6 is 11.8 Å². The zero-order valence-corrected chi connectivity index (χ0v) is 8.84. The number of hydrogen-bond donors (Lipinski definition) is 2. The number of carboxylic acid groups (broad SMARTS) is 1. The summed E-state index contributed by atoms with van der Waals surface area (Å²) in [5, 5.41) is 8.45. The molecule has 0 amide bonds. The van der Waals surface area contributed by atoms with Crippen molar-refractivity contribution in [3.8, 4) is 0 Å². The van der Waals surface area contributed by atoms with E-state index in [0.29, 0.717) is 24.2 Å². The number of carbonyl (C=O) groups is 1. The summed E-state index contributed by atoms with van der Waals surface area (Å²) in [6.45, 7) is 4.83. The lowest BCUT2D eigenvalue weighted by molar-refractivity contribution is -0.137. The van der Waals surface area contributed by atoms with Gasteiger partial charge in [0.25, 0.3) is 0 Å². The molecule has 0 fully saturated rings. The molecule has 0 radical (unpaired) electrons. The van der Waals surface area contributed by atoms with Gasteiger partial charge in [-0.15, -0.1) is 11.8 Å². The third kappa shape index (κ3) is 8.08. The molecule has 0 saturated carbocycles. The summed E-state index contributed by atoms with van der Waals surface area (Å²) in [6.07, 6.45) is 0. The second-order valence-electron chi connectivity index (χ2n) is 3.20. The molecule has 0 aromatic rings. The fraction of sp³-hybridized carbons (Fsp3) is 0.875. The highest BCUT2D eigenvalue weighted by Gasteiger charge is 2.10. The minimum absolute atomic E-state index is 0.396. The maximum absolute atomic E-state index is 10.3. The topological polar surface area (TPSA) is 72.5 Å². The van der Waals surface area contributed by atoms with Gasteiger partial charge in [-0.25, -0.2) is 0 Å². The van der Waals surface area contributed by atoms with Gasteiger partial charge in [0, 0.05) is 12.4 Å². The molecule has 0 aliphatic heterocycles. The summed E-state index contributed by atoms with van der Waals surface area (Å²) in [7, 11) is 0. The van der Waals surface area contributed by atoms with Gasteiger partial charge < -0.3 is 15.6 Å². The fourth-order valence-corrected chi connectivity index (χ4v) is 1.30. The van der Waals surface area contributed by atoms with E-state index in [1.807, 2.05) is 0 Å². The van der Waals surface area contributed by atoms with Crippen molar-refractivity contribution in [2.75, 3.05) is 18.3 Å². The predicted molar refractivity (Wildman–Crippen MR) is 53.7 cm³/mol. The summed E-state index contributed by atoms with van der Waals surface area (Å²) < 4.78 is 5.24. The van der Waals surface area contributed by atoms with E-state index in [1.165, 1.54) is 11.8 Å². The lowest BCUT2D eigenvalue weighted by atomic mass is 10.2. The third-order valence-corrected chi connectivity index (χ3v) is 2.16. The lowest BCUT2D eigenvalue weighted by Gasteiger charge is -2.08. The lowest BCUT2D eigenvalue weighted by Crippen LogP contribution is -2.32. The van der Waals surface area contributed by atoms with Crippen molar-refractivity contribution < 1.29 is 14.6 Å². The first-order chi connectivity index (χ1) is 6.04. The molecule has 0 bridgehead atoms. The van der Waals surface area contributed by atoms with Crippen LogP contribution in [0.25, 0.3) is 0 Å². The summed E-state index contributed by atoms with van der Waals surface area (Å²) in [5.41, 5.74) is 5.28. The van der Waals surface area contributed by atoms with Crippen molar-refractivity contribution in [3.63, 3.8) is 0 Å². The smallest absolute Gasteiger partial charge is 0.321 e. The van der Waals surface area contributed by atoms with E-state index in [0.717, 1.165) is 0 Å². The minimum Gasteiger partial charge on any atom is -0.480 e. The minimum atomic E-state index is -0.962. The van der Waals surface area contributed by atoms with Crippen LogP contribution in [0.4, 0.5) is 0 Å². The Morgan fingerprint density at radius 3 is 2.69 bits per heavy atom. The molecule has 4 nitrogen and oxygen atoms in total. The summed E-state index contributed by atoms with van der Waals surface area (Å²) in [5.74, 6) is 0.456. The molecule has 0 unspecified atom stereocenters. The Kier molecular flexibility index (Phi) is 7.03. The Balaban J connectivity index is 3.21. The molecule has 0 heterocycles. The highest BCUT2D eigenvalue weighted by atomic mass is 32.2. The maximum Gasteiger partial charge on any atom is 0.321 e. The van der Waals surface area contributed by atoms with Crippen molar-refractivity contribution in [2.24, 2.45) is 11.7 Å². The summed E-state index contributed by atoms with van der Waals surface area (Å²) >= 11 is 1.40. The Labute approximate surface area is 82.8 Å². The van der Waals surface area contributed by atoms with Gasteiger partial charge >= 0.3 is 5.97 Å². The standard InChI is InChI=1S/C8H17NO3S/c1-6(2)3-12-5-13-4-7(9)8(10)11/h6-7H,3-5,9H2,1-2H3,(H,10,11)/t7-/m0/s1. The zero-order valence-electron chi connectivity index (χ0n) is 8.03. The fourth-order valence-electron chi connectivity index (χ4n) is 0.589. The Hall–Kier alpha value is -0.260. The number of ether oxygens (including phenoxy) is 1. The summed E-state index contributed by atoms with van der Waals surface area (Å²) in [6, 6.07) is -0.785. The molecular formula is C8H17NO3S. The molecule has 0 aliphatic carbocycles. The van der Waals surface area contributed by atoms with Crippen LogP contribution in [0.5, 0.6) is 0 Å². The second kappa shape index (κ2) is 7.17. The molecule has 3 N–H and O–H groups in total. The van der Waals surface area contributed by atoms with E-state index < -0.39 is 12.0 Å². The van der Waals surface area contributed by atoms with E-state index in [2.05, 4.69) is 13.8 Å². The van der Waals surface area contributed by atoms with Gasteiger partial charge in [-0.05, 0) is 5.92 Å². The molecule has 0 spiro atoms. The van der Waals surface area contributed by atoms with Gasteiger partial charge in [0.15, 0.2) is 0 Å². The summed E-state index contributed by atoms with van der Waals surface area (Å²) in [4.78, 5) is 10.3. The SMILES string of the molecule is CC(C)COCSC[C@H](N)C(=O)O. The monoisotopic (exact) mass is 207 g/mol. The molecular weight excluding hydrogens is 190 g/mol. The van der Waals surface area contributed by atoms with Crippen LogP contribution in [-0.2, 0) is 9.53 Å². The molecule has 1 atom stereocenters. The Morgan fingerprint density at radius 2 is 2.23 bits per heavy atom. The van der Waals surface area contributed by atoms with Gasteiger partial charge in [-0.3, -0.25) is 4.79 Å². The van der Waals surface area contributed by atoms with Crippen LogP contribution in [0.1, 0.15) is 13.8 Å². The highest BCUT2D eigenvalue weighted by molar-refractivity contribution is 7.99. The molecule has 0 aromatic carbocycles. The van der Waals surface area contributed by atoms with E-state index in [-0.39, 0.29) is 0 Å². The number of nitrogens with two attached hydrogens (primary N) is 1. The molecule has 13 heavy (non-hydrogen) atoms. The number of rotatable bonds is 7. The molecule has 5 heteroatoms. The second-order valence-corrected chi connectivity index (χ2v) is 4.18. The quantitative estimate of drug-likeness (QED) is 0.476. The van der Waals surface area contributed by atoms with Crippen LogP contribution < -0.4 is 5.73 Å². The highest BCUT2D eigenvalue weighted by Crippen LogP contribution is 2.03. The number of thioether (sulfide) groups is 1. The van der Waals surface area contributed by atoms with E-state index >= 15 is 0 Å². The van der Waals surface area contributed by atoms with Gasteiger partial charge in [0.2, 0.25) is 0 Å². The van der Waals surface area contributed by atoms with Crippen molar-refractivity contribution >= 4 is 17.7 Å². The van der Waals surface area contributed by atoms with Crippen molar-refractivity contribution in [2.45, 2.75) is 19.9 Å². The van der Waals surface area contributed by atoms with Gasteiger partial charge in [-0.2, -0.15) is 0 Å². The van der Waals surface area contributed by atoms with Crippen LogP contribution in [-0.4, -0.2) is 35.4 Å². The molecule has 0 aromatic heterocycles. The zero-order chi connectivity index (χ0) is 10.3. The van der Waals surface area contributed by atoms with Crippen molar-refractivity contribution in [3.05, 3.63) is 0 Å². The van der Waals surface area contributed by atoms with Gasteiger partial charge in [-0.1, -0.05) is 13.8 Å². The maximum atomic E-state index is 10.3. The average molecular weight is 207 g/mol. The van der Waals surface area contributed by atoms with Crippen molar-refractivity contribution in [1.82, 2.24) is 0 Å². The van der Waals surface area contributed by atoms with Crippen LogP contribution in [0.3, 0.4) is 0 Å². The van der Waals surface area contributed by atoms with E-state index in [4.69, 9.17) is 15.6 Å². The molecule has 78 valence electrons. The molecule has 0 saturated heterocycles. The number of hydrogen-bond acceptors (Lipinski definition) is 4. The average Bonchev–Trinajstić information content (AvgIpc) is 2.02. The van der Waals surface area contributed by atoms with Crippen LogP contribution in [0, 0.1) is 5.92 Å². The normalized spacial score (nSPS) is 13.2. The van der Waals surface area contributed by atoms with Crippen LogP contribution in [0.15, 0.2) is 0 Å². The van der Waals surface area contributed by atoms with Gasteiger partial charge in [0.1, 0.15) is 6.04 Å². The van der Waals surface area contributed by atoms with Gasteiger partial charge in [0.05, 0.1) is 5.94 Å². The first-order valence-corrected chi connectivity index (χ1v) is 5.33. The third-order valence-electron chi connectivity index (χ3n) is 1.23. The molecule has 0 rings (SSSR count). The Morgan fingerprint density at radius 1 is 1.62 bits per heavy atom.